The summed E-state index contributed by atoms with van der Waals surface area (Å²) in [4.78, 5) is 0. The van der Waals surface area contributed by atoms with Crippen molar-refractivity contribution in [1.29, 1.82) is 0 Å². The maximum absolute atomic E-state index is 2.49. The zero-order chi connectivity index (χ0) is 30.2. The summed E-state index contributed by atoms with van der Waals surface area (Å²) in [5.74, 6) is 0. The van der Waals surface area contributed by atoms with E-state index in [0.717, 1.165) is 6.42 Å². The molecule has 0 saturated heterocycles. The Labute approximate surface area is 262 Å². The minimum absolute atomic E-state index is 0.0588. The zero-order valence-corrected chi connectivity index (χ0v) is 26.3. The molecule has 0 N–H and O–H groups in total. The first-order chi connectivity index (χ1) is 21.2. The van der Waals surface area contributed by atoms with Crippen LogP contribution in [0.5, 0.6) is 0 Å². The number of hydrogen-bond acceptors (Lipinski definition) is 0. The summed E-state index contributed by atoms with van der Waals surface area (Å²) in [5, 5.41) is 0. The van der Waals surface area contributed by atoms with Crippen molar-refractivity contribution in [2.24, 2.45) is 0 Å². The molecule has 6 aromatic carbocycles. The fraction of sp³-hybridized carbons (Fsp3) is 0.182. The predicted octanol–water partition coefficient (Wildman–Crippen LogP) is 11.5. The third-order valence-corrected chi connectivity index (χ3v) is 10.5. The van der Waals surface area contributed by atoms with Gasteiger partial charge in [0.1, 0.15) is 0 Å². The highest BCUT2D eigenvalue weighted by molar-refractivity contribution is 5.88. The maximum Gasteiger partial charge on any atom is 0.0227 e. The van der Waals surface area contributed by atoms with Gasteiger partial charge in [0, 0.05) is 10.8 Å². The van der Waals surface area contributed by atoms with Crippen LogP contribution < -0.4 is 0 Å². The van der Waals surface area contributed by atoms with E-state index in [4.69, 9.17) is 0 Å². The third-order valence-electron chi connectivity index (χ3n) is 10.5. The van der Waals surface area contributed by atoms with Crippen LogP contribution in [0.15, 0.2) is 127 Å². The Balaban J connectivity index is 1.33. The van der Waals surface area contributed by atoms with E-state index in [-0.39, 0.29) is 10.8 Å². The lowest BCUT2D eigenvalue weighted by atomic mass is 9.73. The summed E-state index contributed by atoms with van der Waals surface area (Å²) in [7, 11) is 0. The number of rotatable bonds is 4. The second-order valence-corrected chi connectivity index (χ2v) is 13.8. The second-order valence-electron chi connectivity index (χ2n) is 13.8. The molecule has 6 aromatic rings. The van der Waals surface area contributed by atoms with Crippen LogP contribution in [0.2, 0.25) is 0 Å². The highest BCUT2D eigenvalue weighted by atomic mass is 14.5. The molecule has 0 fully saturated rings. The molecular formula is C44H38. The van der Waals surface area contributed by atoms with Crippen molar-refractivity contribution in [3.63, 3.8) is 0 Å². The van der Waals surface area contributed by atoms with Crippen molar-refractivity contribution in [3.05, 3.63) is 166 Å². The van der Waals surface area contributed by atoms with E-state index >= 15 is 0 Å². The molecule has 0 heterocycles. The van der Waals surface area contributed by atoms with E-state index in [0.29, 0.717) is 0 Å². The Hall–Kier alpha value is -4.68. The molecule has 1 atom stereocenters. The molecule has 0 amide bonds. The van der Waals surface area contributed by atoms with Crippen molar-refractivity contribution >= 4 is 0 Å². The normalized spacial score (nSPS) is 17.1. The summed E-state index contributed by atoms with van der Waals surface area (Å²) in [6.07, 6.45) is 0.938. The molecule has 0 radical (unpaired) electrons. The first kappa shape index (κ1) is 26.9. The number of hydrogen-bond donors (Lipinski definition) is 0. The smallest absolute Gasteiger partial charge is 0.0227 e. The Kier molecular flexibility index (Phi) is 5.91. The third kappa shape index (κ3) is 3.97. The first-order valence-corrected chi connectivity index (χ1v) is 15.9. The predicted molar refractivity (Wildman–Crippen MR) is 186 cm³/mol. The van der Waals surface area contributed by atoms with Crippen LogP contribution in [0.25, 0.3) is 44.5 Å². The van der Waals surface area contributed by atoms with Gasteiger partial charge in [-0.3, -0.25) is 0 Å². The van der Waals surface area contributed by atoms with Gasteiger partial charge in [-0.15, -0.1) is 0 Å². The Morgan fingerprint density at radius 1 is 0.432 bits per heavy atom. The molecule has 214 valence electrons. The second kappa shape index (κ2) is 9.66. The van der Waals surface area contributed by atoms with Gasteiger partial charge in [0.2, 0.25) is 0 Å². The molecule has 0 aromatic heterocycles. The van der Waals surface area contributed by atoms with E-state index in [1.165, 1.54) is 83.5 Å². The van der Waals surface area contributed by atoms with Gasteiger partial charge in [-0.05, 0) is 105 Å². The molecule has 0 bridgehead atoms. The van der Waals surface area contributed by atoms with Gasteiger partial charge in [0.05, 0.1) is 0 Å². The number of benzene rings is 6. The van der Waals surface area contributed by atoms with Crippen molar-refractivity contribution in [1.82, 2.24) is 0 Å². The lowest BCUT2D eigenvalue weighted by Crippen LogP contribution is -2.24. The Morgan fingerprint density at radius 2 is 0.977 bits per heavy atom. The van der Waals surface area contributed by atoms with Crippen molar-refractivity contribution < 1.29 is 0 Å². The van der Waals surface area contributed by atoms with E-state index < -0.39 is 0 Å². The molecule has 0 aliphatic heterocycles. The van der Waals surface area contributed by atoms with E-state index in [9.17, 15) is 0 Å². The monoisotopic (exact) mass is 566 g/mol. The van der Waals surface area contributed by atoms with Gasteiger partial charge in [-0.2, -0.15) is 0 Å². The van der Waals surface area contributed by atoms with Crippen LogP contribution in [0, 0.1) is 13.8 Å². The molecule has 1 unspecified atom stereocenters. The number of fused-ring (bicyclic) bond motifs is 6. The molecule has 0 nitrogen and oxygen atoms in total. The lowest BCUT2D eigenvalue weighted by Gasteiger charge is -2.30. The summed E-state index contributed by atoms with van der Waals surface area (Å²) < 4.78 is 0. The molecule has 44 heavy (non-hydrogen) atoms. The Bertz CT molecular complexity index is 2070. The van der Waals surface area contributed by atoms with Crippen molar-refractivity contribution in [2.45, 2.75) is 51.9 Å². The van der Waals surface area contributed by atoms with Crippen LogP contribution in [-0.4, -0.2) is 0 Å². The highest BCUT2D eigenvalue weighted by Gasteiger charge is 2.42. The van der Waals surface area contributed by atoms with Crippen molar-refractivity contribution in [2.75, 3.05) is 0 Å². The van der Waals surface area contributed by atoms with Gasteiger partial charge in [0.15, 0.2) is 0 Å². The van der Waals surface area contributed by atoms with E-state index in [2.05, 4.69) is 162 Å². The van der Waals surface area contributed by atoms with Gasteiger partial charge in [0.25, 0.3) is 0 Å². The van der Waals surface area contributed by atoms with Crippen LogP contribution >= 0.6 is 0 Å². The minimum Gasteiger partial charge on any atom is -0.0619 e. The van der Waals surface area contributed by atoms with E-state index in [1.807, 2.05) is 0 Å². The highest BCUT2D eigenvalue weighted by Crippen LogP contribution is 2.55. The lowest BCUT2D eigenvalue weighted by molar-refractivity contribution is 0.583. The van der Waals surface area contributed by atoms with Crippen molar-refractivity contribution in [3.8, 4) is 44.5 Å². The van der Waals surface area contributed by atoms with Gasteiger partial charge < -0.3 is 0 Å². The summed E-state index contributed by atoms with van der Waals surface area (Å²) in [5.41, 5.74) is 20.2. The molecule has 0 heteroatoms. The largest absolute Gasteiger partial charge is 0.0619 e. The molecule has 8 rings (SSSR count). The molecule has 0 spiro atoms. The fourth-order valence-electron chi connectivity index (χ4n) is 8.05. The summed E-state index contributed by atoms with van der Waals surface area (Å²) >= 11 is 0. The molecule has 2 aliphatic carbocycles. The average Bonchev–Trinajstić information content (AvgIpc) is 3.42. The average molecular weight is 567 g/mol. The minimum atomic E-state index is -0.154. The fourth-order valence-corrected chi connectivity index (χ4v) is 8.05. The SMILES string of the molecule is Cc1ccc(-c2ccc3c(c2)-c2ccccc2C3(C)Cc2cc(-c3ccc(C)cc3)cc3c2-c2ccccc2C3(C)C)cc1. The maximum atomic E-state index is 2.49. The van der Waals surface area contributed by atoms with Crippen LogP contribution in [0.1, 0.15) is 59.7 Å². The molecular weight excluding hydrogens is 528 g/mol. The summed E-state index contributed by atoms with van der Waals surface area (Å²) in [6, 6.07) is 48.3. The van der Waals surface area contributed by atoms with Gasteiger partial charge >= 0.3 is 0 Å². The molecule has 0 saturated carbocycles. The van der Waals surface area contributed by atoms with Gasteiger partial charge in [-0.25, -0.2) is 0 Å². The topological polar surface area (TPSA) is 0 Å². The quantitative estimate of drug-likeness (QED) is 0.199. The Morgan fingerprint density at radius 3 is 1.66 bits per heavy atom. The standard InChI is InChI=1S/C44H38/c1-28-14-18-30(19-15-28)32-22-23-40-37(25-32)35-10-6-9-13-39(35)44(40,5)27-34-24-33(31-20-16-29(2)17-21-31)26-41-42(34)36-11-7-8-12-38(36)43(41,3)4/h6-26H,27H2,1-5H3. The number of aryl methyl sites for hydroxylation is 2. The summed E-state index contributed by atoms with van der Waals surface area (Å²) in [6.45, 7) is 11.6. The van der Waals surface area contributed by atoms with E-state index in [1.54, 1.807) is 0 Å². The van der Waals surface area contributed by atoms with Crippen LogP contribution in [0.4, 0.5) is 0 Å². The zero-order valence-electron chi connectivity index (χ0n) is 26.3. The molecule has 2 aliphatic rings. The van der Waals surface area contributed by atoms with Crippen LogP contribution in [0.3, 0.4) is 0 Å². The van der Waals surface area contributed by atoms with Gasteiger partial charge in [-0.1, -0.05) is 147 Å². The van der Waals surface area contributed by atoms with Crippen LogP contribution in [-0.2, 0) is 17.3 Å². The first-order valence-electron chi connectivity index (χ1n) is 15.9.